The van der Waals surface area contributed by atoms with E-state index in [1.807, 2.05) is 39.0 Å². The van der Waals surface area contributed by atoms with Gasteiger partial charge in [-0.25, -0.2) is 8.42 Å². The average Bonchev–Trinajstić information content (AvgIpc) is 2.71. The lowest BCUT2D eigenvalue weighted by Gasteiger charge is -2.17. The summed E-state index contributed by atoms with van der Waals surface area (Å²) in [6, 6.07) is 5.71. The maximum atomic E-state index is 12.5. The fourth-order valence-electron chi connectivity index (χ4n) is 2.19. The molecule has 0 spiro atoms. The van der Waals surface area contributed by atoms with Crippen LogP contribution in [0.4, 0.5) is 11.5 Å². The number of rotatable bonds is 4. The van der Waals surface area contributed by atoms with Gasteiger partial charge in [-0.3, -0.25) is 9.40 Å². The number of hydrogen-bond donors (Lipinski definition) is 2. The molecule has 0 aliphatic heterocycles. The zero-order chi connectivity index (χ0) is 15.8. The summed E-state index contributed by atoms with van der Waals surface area (Å²) in [7, 11) is -2.13. The number of anilines is 2. The second-order valence-corrected chi connectivity index (χ2v) is 7.00. The molecular formula is C14H20N4O2S. The largest absolute Gasteiger partial charge is 0.381 e. The van der Waals surface area contributed by atoms with Crippen LogP contribution in [0.1, 0.15) is 30.9 Å². The van der Waals surface area contributed by atoms with Crippen molar-refractivity contribution in [3.63, 3.8) is 0 Å². The molecule has 0 fully saturated rings. The molecule has 1 aromatic heterocycles. The summed E-state index contributed by atoms with van der Waals surface area (Å²) in [6.45, 7) is 5.91. The molecule has 2 rings (SSSR count). The predicted molar refractivity (Wildman–Crippen MR) is 83.7 cm³/mol. The van der Waals surface area contributed by atoms with Gasteiger partial charge in [0.15, 0.2) is 5.82 Å². The highest BCUT2D eigenvalue weighted by atomic mass is 32.2. The lowest BCUT2D eigenvalue weighted by molar-refractivity contribution is 0.601. The van der Waals surface area contributed by atoms with Crippen LogP contribution in [0.2, 0.25) is 0 Å². The molecule has 0 aliphatic carbocycles. The Kier molecular flexibility index (Phi) is 3.95. The van der Waals surface area contributed by atoms with Crippen LogP contribution >= 0.6 is 0 Å². The molecule has 0 saturated carbocycles. The predicted octanol–water partition coefficient (Wildman–Crippen LogP) is 2.23. The fourth-order valence-corrected chi connectivity index (χ4v) is 3.46. The first-order chi connectivity index (χ1) is 9.72. The second-order valence-electron chi connectivity index (χ2n) is 5.35. The highest BCUT2D eigenvalue weighted by molar-refractivity contribution is 7.92. The molecular weight excluding hydrogens is 288 g/mol. The quantitative estimate of drug-likeness (QED) is 0.906. The number of aryl methyl sites for hydroxylation is 2. The van der Waals surface area contributed by atoms with Crippen molar-refractivity contribution in [3.05, 3.63) is 35.5 Å². The maximum Gasteiger partial charge on any atom is 0.267 e. The first-order valence-corrected chi connectivity index (χ1v) is 8.12. The molecule has 2 aromatic rings. The molecule has 21 heavy (non-hydrogen) atoms. The molecule has 114 valence electrons. The van der Waals surface area contributed by atoms with Gasteiger partial charge in [-0.1, -0.05) is 32.0 Å². The van der Waals surface area contributed by atoms with Crippen molar-refractivity contribution >= 4 is 21.5 Å². The molecule has 0 unspecified atom stereocenters. The Bertz CT molecular complexity index is 763. The van der Waals surface area contributed by atoms with E-state index in [2.05, 4.69) is 9.82 Å². The first-order valence-electron chi connectivity index (χ1n) is 6.64. The zero-order valence-corrected chi connectivity index (χ0v) is 13.4. The topological polar surface area (TPSA) is 90.0 Å². The van der Waals surface area contributed by atoms with Gasteiger partial charge in [-0.05, 0) is 24.0 Å². The Morgan fingerprint density at radius 3 is 2.52 bits per heavy atom. The van der Waals surface area contributed by atoms with Crippen LogP contribution in [0.5, 0.6) is 0 Å². The SMILES string of the molecule is Cc1cccc(C(C)C)c1NS(=O)(=O)c1cn(C)nc1N. The normalized spacial score (nSPS) is 11.9. The zero-order valence-electron chi connectivity index (χ0n) is 12.6. The number of aromatic nitrogens is 2. The maximum absolute atomic E-state index is 12.5. The number of benzene rings is 1. The summed E-state index contributed by atoms with van der Waals surface area (Å²) in [6.07, 6.45) is 1.39. The highest BCUT2D eigenvalue weighted by Gasteiger charge is 2.23. The lowest BCUT2D eigenvalue weighted by atomic mass is 9.99. The van der Waals surface area contributed by atoms with Crippen molar-refractivity contribution in [1.82, 2.24) is 9.78 Å². The number of nitrogens with two attached hydrogens (primary N) is 1. The van der Waals surface area contributed by atoms with Crippen molar-refractivity contribution in [1.29, 1.82) is 0 Å². The van der Waals surface area contributed by atoms with Gasteiger partial charge in [-0.15, -0.1) is 0 Å². The summed E-state index contributed by atoms with van der Waals surface area (Å²) >= 11 is 0. The van der Waals surface area contributed by atoms with E-state index < -0.39 is 10.0 Å². The van der Waals surface area contributed by atoms with Crippen LogP contribution in [0, 0.1) is 6.92 Å². The van der Waals surface area contributed by atoms with Gasteiger partial charge in [0.25, 0.3) is 10.0 Å². The minimum Gasteiger partial charge on any atom is -0.381 e. The first kappa shape index (κ1) is 15.4. The molecule has 3 N–H and O–H groups in total. The Balaban J connectivity index is 2.49. The number of hydrogen-bond acceptors (Lipinski definition) is 4. The Hall–Kier alpha value is -2.02. The van der Waals surface area contributed by atoms with E-state index in [9.17, 15) is 8.42 Å². The third-order valence-corrected chi connectivity index (χ3v) is 4.64. The Labute approximate surface area is 125 Å². The van der Waals surface area contributed by atoms with Gasteiger partial charge in [0.2, 0.25) is 0 Å². The van der Waals surface area contributed by atoms with E-state index in [1.54, 1.807) is 7.05 Å². The minimum atomic E-state index is -3.76. The molecule has 0 bridgehead atoms. The molecule has 0 saturated heterocycles. The Morgan fingerprint density at radius 1 is 1.33 bits per heavy atom. The summed E-state index contributed by atoms with van der Waals surface area (Å²) < 4.78 is 29.1. The molecule has 0 amide bonds. The molecule has 0 radical (unpaired) electrons. The minimum absolute atomic E-state index is 0.00955. The number of para-hydroxylation sites is 1. The van der Waals surface area contributed by atoms with Crippen LogP contribution < -0.4 is 10.5 Å². The van der Waals surface area contributed by atoms with Gasteiger partial charge in [0, 0.05) is 13.2 Å². The summed E-state index contributed by atoms with van der Waals surface area (Å²) in [5, 5.41) is 3.87. The van der Waals surface area contributed by atoms with Gasteiger partial charge < -0.3 is 5.73 Å². The van der Waals surface area contributed by atoms with Crippen LogP contribution in [-0.2, 0) is 17.1 Å². The van der Waals surface area contributed by atoms with Crippen LogP contribution in [0.15, 0.2) is 29.3 Å². The van der Waals surface area contributed by atoms with Crippen molar-refractivity contribution < 1.29 is 8.42 Å². The molecule has 1 aromatic carbocycles. The fraction of sp³-hybridized carbons (Fsp3) is 0.357. The van der Waals surface area contributed by atoms with Crippen molar-refractivity contribution in [2.24, 2.45) is 7.05 Å². The molecule has 1 heterocycles. The van der Waals surface area contributed by atoms with E-state index in [4.69, 9.17) is 5.73 Å². The molecule has 0 aliphatic rings. The van der Waals surface area contributed by atoms with Crippen LogP contribution in [-0.4, -0.2) is 18.2 Å². The monoisotopic (exact) mass is 308 g/mol. The average molecular weight is 308 g/mol. The smallest absolute Gasteiger partial charge is 0.267 e. The van der Waals surface area contributed by atoms with Gasteiger partial charge in [0.05, 0.1) is 5.69 Å². The van der Waals surface area contributed by atoms with E-state index in [1.165, 1.54) is 10.9 Å². The lowest BCUT2D eigenvalue weighted by Crippen LogP contribution is -2.16. The van der Waals surface area contributed by atoms with Crippen LogP contribution in [0.3, 0.4) is 0 Å². The third kappa shape index (κ3) is 3.02. The summed E-state index contributed by atoms with van der Waals surface area (Å²) in [5.74, 6) is 0.193. The molecule has 6 nitrogen and oxygen atoms in total. The van der Waals surface area contributed by atoms with E-state index in [-0.39, 0.29) is 16.6 Å². The van der Waals surface area contributed by atoms with Gasteiger partial charge >= 0.3 is 0 Å². The molecule has 0 atom stereocenters. The summed E-state index contributed by atoms with van der Waals surface area (Å²) in [5.41, 5.74) is 8.09. The standard InChI is InChI=1S/C14H20N4O2S/c1-9(2)11-7-5-6-10(3)13(11)17-21(19,20)12-8-18(4)16-14(12)15/h5-9,17H,1-4H3,(H2,15,16). The van der Waals surface area contributed by atoms with Gasteiger partial charge in [0.1, 0.15) is 4.90 Å². The molecule has 7 heteroatoms. The van der Waals surface area contributed by atoms with E-state index in [0.29, 0.717) is 5.69 Å². The highest BCUT2D eigenvalue weighted by Crippen LogP contribution is 2.30. The third-order valence-electron chi connectivity index (χ3n) is 3.27. The number of sulfonamides is 1. The number of nitrogens with one attached hydrogen (secondary N) is 1. The van der Waals surface area contributed by atoms with Crippen LogP contribution in [0.25, 0.3) is 0 Å². The van der Waals surface area contributed by atoms with Crippen molar-refractivity contribution in [2.45, 2.75) is 31.6 Å². The van der Waals surface area contributed by atoms with E-state index in [0.717, 1.165) is 11.1 Å². The van der Waals surface area contributed by atoms with Crippen molar-refractivity contribution in [2.75, 3.05) is 10.5 Å². The summed E-state index contributed by atoms with van der Waals surface area (Å²) in [4.78, 5) is -0.0111. The van der Waals surface area contributed by atoms with Crippen molar-refractivity contribution in [3.8, 4) is 0 Å². The van der Waals surface area contributed by atoms with Gasteiger partial charge in [-0.2, -0.15) is 5.10 Å². The Morgan fingerprint density at radius 2 is 2.00 bits per heavy atom. The number of nitrogen functional groups attached to an aromatic ring is 1. The van der Waals surface area contributed by atoms with E-state index >= 15 is 0 Å². The second kappa shape index (κ2) is 5.40. The number of nitrogens with zero attached hydrogens (tertiary/aromatic N) is 2.